The largest absolute Gasteiger partial charge is 0.494 e. The SMILES string of the molecule is CCC(=O)NC1CCC(n2c(=O)cc(C)c3cnc(Nc4ccc(N5CCN(CCCCCCOCCC(=O)N[C@@H](C(=O)N6C[C@H](O)C[C@H]6C(=O)NCc6ccc(-c7scnc7C)cc6)C(C)(C)C)CC5)cc4OC)nc32)CC1. The van der Waals surface area contributed by atoms with Crippen molar-refractivity contribution in [2.45, 2.75) is 149 Å². The van der Waals surface area contributed by atoms with Gasteiger partial charge in [-0.25, -0.2) is 9.97 Å². The fourth-order valence-electron chi connectivity index (χ4n) is 11.0. The van der Waals surface area contributed by atoms with Gasteiger partial charge in [-0.05, 0) is 93.2 Å². The minimum Gasteiger partial charge on any atom is -0.494 e. The minimum absolute atomic E-state index is 0.0132. The molecule has 0 radical (unpaired) electrons. The molecule has 426 valence electrons. The summed E-state index contributed by atoms with van der Waals surface area (Å²) in [5.74, 6) is 0.0571. The average Bonchev–Trinajstić information content (AvgIpc) is 4.18. The highest BCUT2D eigenvalue weighted by atomic mass is 32.1. The maximum absolute atomic E-state index is 14.1. The lowest BCUT2D eigenvalue weighted by molar-refractivity contribution is -0.144. The summed E-state index contributed by atoms with van der Waals surface area (Å²) in [7, 11) is 1.65. The molecule has 1 saturated carbocycles. The average molecular weight is 1100 g/mol. The predicted molar refractivity (Wildman–Crippen MR) is 309 cm³/mol. The van der Waals surface area contributed by atoms with Crippen LogP contribution in [0.3, 0.4) is 0 Å². The number of fused-ring (bicyclic) bond motifs is 1. The molecule has 2 aliphatic heterocycles. The number of rotatable bonds is 23. The molecular formula is C59H81N11O8S. The lowest BCUT2D eigenvalue weighted by atomic mass is 9.85. The Kier molecular flexibility index (Phi) is 20.1. The van der Waals surface area contributed by atoms with Crippen LogP contribution in [0.15, 0.2) is 65.0 Å². The Balaban J connectivity index is 0.717. The van der Waals surface area contributed by atoms with Crippen LogP contribution in [0, 0.1) is 19.3 Å². The minimum atomic E-state index is -0.899. The van der Waals surface area contributed by atoms with Gasteiger partial charge in [-0.3, -0.25) is 33.4 Å². The van der Waals surface area contributed by atoms with Crippen molar-refractivity contribution >= 4 is 63.3 Å². The molecule has 3 atom stereocenters. The Morgan fingerprint density at radius 3 is 2.34 bits per heavy atom. The molecule has 1 aliphatic carbocycles. The van der Waals surface area contributed by atoms with E-state index >= 15 is 0 Å². The lowest BCUT2D eigenvalue weighted by Gasteiger charge is -2.36. The quantitative estimate of drug-likeness (QED) is 0.0409. The van der Waals surface area contributed by atoms with Crippen molar-refractivity contribution in [1.29, 1.82) is 0 Å². The number of nitrogens with zero attached hydrogens (tertiary/aromatic N) is 7. The van der Waals surface area contributed by atoms with E-state index in [0.717, 1.165) is 128 Å². The number of benzene rings is 2. The van der Waals surface area contributed by atoms with Crippen LogP contribution in [-0.2, 0) is 30.5 Å². The number of ether oxygens (including phenoxy) is 2. The van der Waals surface area contributed by atoms with Crippen molar-refractivity contribution in [3.63, 3.8) is 0 Å². The number of aliphatic hydroxyl groups is 1. The van der Waals surface area contributed by atoms with Crippen LogP contribution >= 0.6 is 11.3 Å². The number of amides is 4. The monoisotopic (exact) mass is 1100 g/mol. The molecule has 19 nitrogen and oxygen atoms in total. The molecule has 0 unspecified atom stereocenters. The maximum Gasteiger partial charge on any atom is 0.252 e. The zero-order chi connectivity index (χ0) is 56.2. The number of likely N-dealkylation sites (tertiary alicyclic amines) is 1. The second-order valence-corrected chi connectivity index (χ2v) is 23.3. The molecule has 5 N–H and O–H groups in total. The van der Waals surface area contributed by atoms with Gasteiger partial charge in [-0.15, -0.1) is 11.3 Å². The normalized spacial score (nSPS) is 19.3. The second-order valence-electron chi connectivity index (χ2n) is 22.5. The molecule has 4 amide bonds. The third-order valence-electron chi connectivity index (χ3n) is 15.6. The molecule has 3 fully saturated rings. The molecule has 3 aromatic heterocycles. The first-order valence-corrected chi connectivity index (χ1v) is 29.1. The number of aliphatic hydroxyl groups excluding tert-OH is 1. The van der Waals surface area contributed by atoms with E-state index < -0.39 is 29.5 Å². The van der Waals surface area contributed by atoms with Crippen molar-refractivity contribution in [2.75, 3.05) is 69.8 Å². The first-order chi connectivity index (χ1) is 38.0. The van der Waals surface area contributed by atoms with E-state index in [9.17, 15) is 29.1 Å². The number of nitrogens with one attached hydrogen (secondary N) is 4. The lowest BCUT2D eigenvalue weighted by Crippen LogP contribution is -2.57. The summed E-state index contributed by atoms with van der Waals surface area (Å²) in [4.78, 5) is 87.5. The van der Waals surface area contributed by atoms with E-state index in [1.807, 2.05) is 88.0 Å². The summed E-state index contributed by atoms with van der Waals surface area (Å²) in [5, 5.41) is 23.8. The van der Waals surface area contributed by atoms with E-state index in [0.29, 0.717) is 30.4 Å². The zero-order valence-corrected chi connectivity index (χ0v) is 48.0. The van der Waals surface area contributed by atoms with Crippen LogP contribution in [0.4, 0.5) is 17.3 Å². The van der Waals surface area contributed by atoms with Crippen LogP contribution < -0.4 is 36.5 Å². The van der Waals surface area contributed by atoms with Gasteiger partial charge in [-0.1, -0.05) is 64.8 Å². The highest BCUT2D eigenvalue weighted by Gasteiger charge is 2.44. The third-order valence-corrected chi connectivity index (χ3v) is 16.6. The number of hydrogen-bond acceptors (Lipinski definition) is 15. The Morgan fingerprint density at radius 2 is 1.65 bits per heavy atom. The summed E-state index contributed by atoms with van der Waals surface area (Å²) in [6, 6.07) is 14.1. The number of thiazole rings is 1. The van der Waals surface area contributed by atoms with Crippen molar-refractivity contribution in [3.05, 3.63) is 87.4 Å². The van der Waals surface area contributed by atoms with E-state index in [1.165, 1.54) is 4.90 Å². The standard InChI is InChI=1S/C59H81N11O8S/c1-8-50(72)63-42-17-19-43(20-18-42)70-52(74)31-38(2)46-35-61-58(66-55(46)70)64-47-22-21-44(32-49(47)77-7)68-27-25-67(26-28-68)24-11-9-10-12-29-78-30-23-51(73)65-54(59(4,5)6)57(76)69-36-45(71)33-48(69)56(75)60-34-40-13-15-41(16-14-40)53-39(3)62-37-79-53/h13-16,21-22,31-32,35,37,42-43,45,48,54,71H,8-12,17-20,23-30,33-34,36H2,1-7H3,(H,60,75)(H,63,72)(H,65,73)(H,61,64,66)/t42?,43?,45-,48+,54+/m1/s1. The second kappa shape index (κ2) is 27.1. The Bertz CT molecular complexity index is 2940. The molecule has 0 spiro atoms. The van der Waals surface area contributed by atoms with Crippen molar-refractivity contribution in [3.8, 4) is 16.2 Å². The Hall–Kier alpha value is -6.48. The van der Waals surface area contributed by atoms with Crippen molar-refractivity contribution < 1.29 is 33.8 Å². The fraction of sp³-hybridized carbons (Fsp3) is 0.559. The van der Waals surface area contributed by atoms with Gasteiger partial charge in [0.05, 0.1) is 41.6 Å². The van der Waals surface area contributed by atoms with Crippen LogP contribution in [0.2, 0.25) is 0 Å². The van der Waals surface area contributed by atoms with Gasteiger partial charge in [-0.2, -0.15) is 4.98 Å². The van der Waals surface area contributed by atoms with Gasteiger partial charge < -0.3 is 45.6 Å². The number of methoxy groups -OCH3 is 1. The van der Waals surface area contributed by atoms with Crippen molar-refractivity contribution in [2.24, 2.45) is 5.41 Å². The number of aryl methyl sites for hydroxylation is 2. The molecular weight excluding hydrogens is 1020 g/mol. The third kappa shape index (κ3) is 15.3. The molecule has 20 heteroatoms. The summed E-state index contributed by atoms with van der Waals surface area (Å²) >= 11 is 1.58. The summed E-state index contributed by atoms with van der Waals surface area (Å²) < 4.78 is 13.5. The molecule has 5 heterocycles. The van der Waals surface area contributed by atoms with Crippen LogP contribution in [0.1, 0.15) is 121 Å². The number of aromatic nitrogens is 4. The zero-order valence-electron chi connectivity index (χ0n) is 47.1. The summed E-state index contributed by atoms with van der Waals surface area (Å²) in [6.45, 7) is 17.2. The molecule has 2 saturated heterocycles. The molecule has 2 aromatic carbocycles. The molecule has 5 aromatic rings. The number of anilines is 3. The topological polar surface area (TPSA) is 225 Å². The van der Waals surface area contributed by atoms with E-state index in [4.69, 9.17) is 14.5 Å². The molecule has 0 bridgehead atoms. The number of pyridine rings is 1. The van der Waals surface area contributed by atoms with Crippen LogP contribution in [0.5, 0.6) is 5.75 Å². The van der Waals surface area contributed by atoms with Gasteiger partial charge >= 0.3 is 0 Å². The predicted octanol–water partition coefficient (Wildman–Crippen LogP) is 7.19. The number of piperazine rings is 1. The number of carbonyl (C=O) groups is 4. The fourth-order valence-corrected chi connectivity index (χ4v) is 11.8. The molecule has 3 aliphatic rings. The van der Waals surface area contributed by atoms with Gasteiger partial charge in [0.1, 0.15) is 23.5 Å². The molecule has 79 heavy (non-hydrogen) atoms. The van der Waals surface area contributed by atoms with E-state index in [-0.39, 0.29) is 67.9 Å². The van der Waals surface area contributed by atoms with Crippen molar-refractivity contribution in [1.82, 2.24) is 45.3 Å². The first kappa shape index (κ1) is 58.7. The van der Waals surface area contributed by atoms with Crippen LogP contribution in [-0.4, -0.2) is 142 Å². The highest BCUT2D eigenvalue weighted by molar-refractivity contribution is 7.13. The van der Waals surface area contributed by atoms with Gasteiger partial charge in [0.25, 0.3) is 5.56 Å². The maximum atomic E-state index is 14.1. The number of hydrogen-bond donors (Lipinski definition) is 5. The van der Waals surface area contributed by atoms with Gasteiger partial charge in [0, 0.05) is 107 Å². The summed E-state index contributed by atoms with van der Waals surface area (Å²) in [6.07, 6.45) is 8.84. The Labute approximate surface area is 468 Å². The van der Waals surface area contributed by atoms with Crippen LogP contribution in [0.25, 0.3) is 21.5 Å². The number of carbonyl (C=O) groups excluding carboxylic acids is 4. The van der Waals surface area contributed by atoms with Gasteiger partial charge in [0.15, 0.2) is 0 Å². The molecule has 8 rings (SSSR count). The smallest absolute Gasteiger partial charge is 0.252 e. The summed E-state index contributed by atoms with van der Waals surface area (Å²) in [5.41, 5.74) is 7.25. The van der Waals surface area contributed by atoms with E-state index in [2.05, 4.69) is 47.1 Å². The van der Waals surface area contributed by atoms with E-state index in [1.54, 1.807) is 30.7 Å². The first-order valence-electron chi connectivity index (χ1n) is 28.2. The van der Waals surface area contributed by atoms with Gasteiger partial charge in [0.2, 0.25) is 29.6 Å². The highest BCUT2D eigenvalue weighted by Crippen LogP contribution is 2.35. The Morgan fingerprint density at radius 1 is 0.899 bits per heavy atom. The number of β-amino-alcohol motifs (C(OH)–C–C–N with tert-alkyl or cyclic N) is 1. The number of unbranched alkanes of at least 4 members (excludes halogenated alkanes) is 3.